The number of carboxylic acid groups (broad SMARTS) is 1. The molecule has 37 heavy (non-hydrogen) atoms. The molecule has 4 rings (SSSR count). The topological polar surface area (TPSA) is 120 Å². The van der Waals surface area contributed by atoms with E-state index >= 15 is 0 Å². The average Bonchev–Trinajstić information content (AvgIpc) is 3.59. The maximum Gasteiger partial charge on any atom is 0.303 e. The highest BCUT2D eigenvalue weighted by atomic mass is 16.5. The number of ether oxygens (including phenoxy) is 2. The van der Waals surface area contributed by atoms with Crippen LogP contribution in [0, 0.1) is 12.8 Å². The van der Waals surface area contributed by atoms with Crippen LogP contribution >= 0.6 is 0 Å². The number of nitrogens with zero attached hydrogens (tertiary/aromatic N) is 3. The first-order valence-electron chi connectivity index (χ1n) is 13.1. The number of pyridine rings is 1. The molecule has 9 nitrogen and oxygen atoms in total. The third kappa shape index (κ3) is 8.28. The molecule has 1 aromatic carbocycles. The molecule has 0 radical (unpaired) electrons. The van der Waals surface area contributed by atoms with Gasteiger partial charge in [-0.3, -0.25) is 4.79 Å². The van der Waals surface area contributed by atoms with Crippen molar-refractivity contribution in [2.75, 3.05) is 26.3 Å². The van der Waals surface area contributed by atoms with Gasteiger partial charge in [0.25, 0.3) is 5.89 Å². The summed E-state index contributed by atoms with van der Waals surface area (Å²) in [7, 11) is 0. The molecule has 0 atom stereocenters. The van der Waals surface area contributed by atoms with Crippen LogP contribution in [-0.2, 0) is 17.6 Å². The molecule has 0 saturated heterocycles. The number of benzene rings is 1. The van der Waals surface area contributed by atoms with Crippen LogP contribution in [0.5, 0.6) is 11.6 Å². The number of hydrogen-bond donors (Lipinski definition) is 2. The van der Waals surface area contributed by atoms with Crippen LogP contribution in [0.3, 0.4) is 0 Å². The molecule has 0 bridgehead atoms. The molecule has 3 aromatic rings. The lowest BCUT2D eigenvalue weighted by molar-refractivity contribution is -0.137. The van der Waals surface area contributed by atoms with Crippen molar-refractivity contribution in [2.45, 2.75) is 58.3 Å². The molecule has 0 amide bonds. The van der Waals surface area contributed by atoms with Gasteiger partial charge < -0.3 is 24.4 Å². The van der Waals surface area contributed by atoms with Gasteiger partial charge in [0, 0.05) is 25.6 Å². The highest BCUT2D eigenvalue weighted by molar-refractivity contribution is 5.66. The van der Waals surface area contributed by atoms with Crippen LogP contribution in [0.4, 0.5) is 0 Å². The Hall–Kier alpha value is -3.46. The van der Waals surface area contributed by atoms with Gasteiger partial charge in [-0.1, -0.05) is 30.1 Å². The maximum absolute atomic E-state index is 10.5. The van der Waals surface area contributed by atoms with E-state index in [0.717, 1.165) is 23.3 Å². The van der Waals surface area contributed by atoms with Crippen molar-refractivity contribution in [1.29, 1.82) is 0 Å². The van der Waals surface area contributed by atoms with Crippen LogP contribution in [0.1, 0.15) is 55.5 Å². The number of rotatable bonds is 15. The molecule has 0 spiro atoms. The first kappa shape index (κ1) is 26.6. The van der Waals surface area contributed by atoms with E-state index in [4.69, 9.17) is 19.1 Å². The molecule has 0 aliphatic heterocycles. The lowest BCUT2D eigenvalue weighted by atomic mass is 10.1. The van der Waals surface area contributed by atoms with Crippen molar-refractivity contribution >= 4 is 5.97 Å². The van der Waals surface area contributed by atoms with Crippen LogP contribution < -0.4 is 14.8 Å². The van der Waals surface area contributed by atoms with E-state index in [1.54, 1.807) is 6.20 Å². The lowest BCUT2D eigenvalue weighted by Crippen LogP contribution is -2.22. The first-order valence-corrected chi connectivity index (χ1v) is 13.1. The van der Waals surface area contributed by atoms with Gasteiger partial charge in [-0.05, 0) is 74.4 Å². The summed E-state index contributed by atoms with van der Waals surface area (Å²) in [5, 5.41) is 16.0. The third-order valence-corrected chi connectivity index (χ3v) is 6.56. The van der Waals surface area contributed by atoms with Gasteiger partial charge in [0.05, 0.1) is 6.61 Å². The minimum absolute atomic E-state index is 0.179. The van der Waals surface area contributed by atoms with Gasteiger partial charge in [-0.15, -0.1) is 0 Å². The molecule has 1 fully saturated rings. The molecule has 1 aliphatic rings. The fourth-order valence-electron chi connectivity index (χ4n) is 4.52. The molecule has 198 valence electrons. The summed E-state index contributed by atoms with van der Waals surface area (Å²) >= 11 is 0. The van der Waals surface area contributed by atoms with E-state index < -0.39 is 5.97 Å². The molecule has 0 unspecified atom stereocenters. The zero-order valence-corrected chi connectivity index (χ0v) is 21.4. The quantitative estimate of drug-likeness (QED) is 0.283. The Bertz CT molecular complexity index is 1140. The zero-order chi connectivity index (χ0) is 25.9. The van der Waals surface area contributed by atoms with Crippen molar-refractivity contribution in [1.82, 2.24) is 20.4 Å². The summed E-state index contributed by atoms with van der Waals surface area (Å²) in [4.78, 5) is 19.5. The highest BCUT2D eigenvalue weighted by Crippen LogP contribution is 2.30. The number of hydrogen-bond acceptors (Lipinski definition) is 8. The van der Waals surface area contributed by atoms with Crippen LogP contribution in [0.15, 0.2) is 41.1 Å². The van der Waals surface area contributed by atoms with Crippen molar-refractivity contribution in [3.8, 4) is 23.1 Å². The molecule has 9 heteroatoms. The predicted octanol–water partition coefficient (Wildman–Crippen LogP) is 4.63. The van der Waals surface area contributed by atoms with E-state index in [1.165, 1.54) is 31.2 Å². The first-order chi connectivity index (χ1) is 18.1. The summed E-state index contributed by atoms with van der Waals surface area (Å²) in [6.07, 6.45) is 8.94. The standard InChI is InChI=1S/C28H36N4O5/c1-20-18-21(10-12-24(20)35-17-16-29-14-5-9-26(33)34)11-13-25-31-28(37-32-25)23-8-4-15-30-27(23)36-19-22-6-2-3-7-22/h4,8,10,12,15,18,22,29H,2-3,5-7,9,11,13-14,16-17,19H2,1H3,(H,33,34). The van der Waals surface area contributed by atoms with Gasteiger partial charge in [0.1, 0.15) is 17.9 Å². The number of aromatic nitrogens is 3. The highest BCUT2D eigenvalue weighted by Gasteiger charge is 2.19. The number of carboxylic acids is 1. The molecular formula is C28H36N4O5. The van der Waals surface area contributed by atoms with E-state index in [2.05, 4.69) is 32.6 Å². The molecule has 2 heterocycles. The number of nitrogens with one attached hydrogen (secondary N) is 1. The van der Waals surface area contributed by atoms with E-state index in [9.17, 15) is 4.79 Å². The minimum Gasteiger partial charge on any atom is -0.492 e. The molecule has 2 N–H and O–H groups in total. The Labute approximate surface area is 217 Å². The number of aryl methyl sites for hydroxylation is 3. The summed E-state index contributed by atoms with van der Waals surface area (Å²) < 4.78 is 17.4. The molecule has 1 aliphatic carbocycles. The van der Waals surface area contributed by atoms with Crippen LogP contribution in [0.25, 0.3) is 11.5 Å². The fourth-order valence-corrected chi connectivity index (χ4v) is 4.52. The van der Waals surface area contributed by atoms with Crippen molar-refractivity contribution in [2.24, 2.45) is 5.92 Å². The monoisotopic (exact) mass is 508 g/mol. The van der Waals surface area contributed by atoms with Gasteiger partial charge >= 0.3 is 5.97 Å². The van der Waals surface area contributed by atoms with Gasteiger partial charge in [0.15, 0.2) is 5.82 Å². The SMILES string of the molecule is Cc1cc(CCc2noc(-c3cccnc3OCC3CCCC3)n2)ccc1OCCNCCCC(=O)O. The Morgan fingerprint density at radius 3 is 2.84 bits per heavy atom. The Kier molecular flexibility index (Phi) is 9.88. The van der Waals surface area contributed by atoms with Crippen LogP contribution in [0.2, 0.25) is 0 Å². The van der Waals surface area contributed by atoms with E-state index in [-0.39, 0.29) is 6.42 Å². The second kappa shape index (κ2) is 13.7. The molecule has 2 aromatic heterocycles. The van der Waals surface area contributed by atoms with Gasteiger partial charge in [0.2, 0.25) is 5.88 Å². The summed E-state index contributed by atoms with van der Waals surface area (Å²) in [6, 6.07) is 9.91. The van der Waals surface area contributed by atoms with Crippen molar-refractivity contribution in [3.05, 3.63) is 53.5 Å². The minimum atomic E-state index is -0.768. The summed E-state index contributed by atoms with van der Waals surface area (Å²) in [6.45, 7) is 4.57. The third-order valence-electron chi connectivity index (χ3n) is 6.56. The Morgan fingerprint density at radius 2 is 2.03 bits per heavy atom. The average molecular weight is 509 g/mol. The lowest BCUT2D eigenvalue weighted by Gasteiger charge is -2.11. The molecule has 1 saturated carbocycles. The summed E-state index contributed by atoms with van der Waals surface area (Å²) in [5.41, 5.74) is 2.97. The van der Waals surface area contributed by atoms with Gasteiger partial charge in [-0.2, -0.15) is 4.98 Å². The Balaban J connectivity index is 1.24. The normalized spacial score (nSPS) is 13.6. The molecular weight excluding hydrogens is 472 g/mol. The predicted molar refractivity (Wildman–Crippen MR) is 139 cm³/mol. The number of aliphatic carboxylic acids is 1. The summed E-state index contributed by atoms with van der Waals surface area (Å²) in [5.74, 6) is 2.30. The fraction of sp³-hybridized carbons (Fsp3) is 0.500. The van der Waals surface area contributed by atoms with Gasteiger partial charge in [-0.25, -0.2) is 4.98 Å². The van der Waals surface area contributed by atoms with Crippen LogP contribution in [-0.4, -0.2) is 52.5 Å². The van der Waals surface area contributed by atoms with Crippen molar-refractivity contribution in [3.63, 3.8) is 0 Å². The largest absolute Gasteiger partial charge is 0.492 e. The van der Waals surface area contributed by atoms with E-state index in [1.807, 2.05) is 25.1 Å². The van der Waals surface area contributed by atoms with E-state index in [0.29, 0.717) is 62.7 Å². The Morgan fingerprint density at radius 1 is 1.16 bits per heavy atom. The zero-order valence-electron chi connectivity index (χ0n) is 21.4. The second-order valence-corrected chi connectivity index (χ2v) is 9.53. The number of carbonyl (C=O) groups is 1. The van der Waals surface area contributed by atoms with Crippen molar-refractivity contribution < 1.29 is 23.9 Å². The second-order valence-electron chi connectivity index (χ2n) is 9.53. The smallest absolute Gasteiger partial charge is 0.303 e. The maximum atomic E-state index is 10.5.